The van der Waals surface area contributed by atoms with E-state index in [1.165, 1.54) is 25.8 Å². The van der Waals surface area contributed by atoms with Crippen LogP contribution in [-0.4, -0.2) is 38.1 Å². The zero-order chi connectivity index (χ0) is 14.1. The summed E-state index contributed by atoms with van der Waals surface area (Å²) in [7, 11) is 0. The van der Waals surface area contributed by atoms with Crippen LogP contribution in [0.2, 0.25) is 0 Å². The molecule has 1 saturated heterocycles. The maximum Gasteiger partial charge on any atom is 0.160 e. The number of nitrogens with two attached hydrogens (primary N) is 1. The lowest BCUT2D eigenvalue weighted by molar-refractivity contribution is 0.110. The summed E-state index contributed by atoms with van der Waals surface area (Å²) in [6.07, 6.45) is 6.74. The SMILES string of the molecule is CC(C)N1CCCCC1Cc1nnc2ccc(N)cn12. The van der Waals surface area contributed by atoms with Crippen molar-refractivity contribution in [3.8, 4) is 0 Å². The van der Waals surface area contributed by atoms with Crippen LogP contribution in [0.15, 0.2) is 18.3 Å². The number of anilines is 1. The van der Waals surface area contributed by atoms with Crippen LogP contribution in [0.5, 0.6) is 0 Å². The zero-order valence-electron chi connectivity index (χ0n) is 12.3. The average Bonchev–Trinajstić information content (AvgIpc) is 2.82. The number of nitrogens with zero attached hydrogens (tertiary/aromatic N) is 4. The minimum absolute atomic E-state index is 0.567. The summed E-state index contributed by atoms with van der Waals surface area (Å²) in [6, 6.07) is 4.95. The maximum absolute atomic E-state index is 5.87. The third-order valence-corrected chi connectivity index (χ3v) is 4.25. The molecule has 1 atom stereocenters. The summed E-state index contributed by atoms with van der Waals surface area (Å²) in [6.45, 7) is 5.75. The molecule has 2 aromatic rings. The normalized spacial score (nSPS) is 20.9. The Bertz CT molecular complexity index is 589. The number of likely N-dealkylation sites (tertiary alicyclic amines) is 1. The van der Waals surface area contributed by atoms with Gasteiger partial charge in [-0.05, 0) is 45.4 Å². The van der Waals surface area contributed by atoms with Gasteiger partial charge in [0.05, 0.1) is 0 Å². The molecule has 1 fully saturated rings. The van der Waals surface area contributed by atoms with Gasteiger partial charge in [-0.3, -0.25) is 9.30 Å². The van der Waals surface area contributed by atoms with Gasteiger partial charge in [-0.2, -0.15) is 0 Å². The molecule has 108 valence electrons. The van der Waals surface area contributed by atoms with E-state index in [-0.39, 0.29) is 0 Å². The fraction of sp³-hybridized carbons (Fsp3) is 0.600. The Kier molecular flexibility index (Phi) is 3.61. The van der Waals surface area contributed by atoms with Gasteiger partial charge in [-0.1, -0.05) is 6.42 Å². The molecule has 3 heterocycles. The number of aromatic nitrogens is 3. The highest BCUT2D eigenvalue weighted by Gasteiger charge is 2.26. The number of rotatable bonds is 3. The van der Waals surface area contributed by atoms with E-state index >= 15 is 0 Å². The molecule has 5 nitrogen and oxygen atoms in total. The summed E-state index contributed by atoms with van der Waals surface area (Å²) in [4.78, 5) is 2.59. The molecule has 3 rings (SSSR count). The standard InChI is InChI=1S/C15H23N5/c1-11(2)19-8-4-3-5-13(19)9-15-18-17-14-7-6-12(16)10-20(14)15/h6-7,10-11,13H,3-5,8-9,16H2,1-2H3. The first kappa shape index (κ1) is 13.4. The Hall–Kier alpha value is -1.62. The molecule has 0 saturated carbocycles. The van der Waals surface area contributed by atoms with Crippen molar-refractivity contribution in [3.05, 3.63) is 24.2 Å². The largest absolute Gasteiger partial charge is 0.398 e. The lowest BCUT2D eigenvalue weighted by Gasteiger charge is -2.38. The first-order valence-corrected chi connectivity index (χ1v) is 7.50. The van der Waals surface area contributed by atoms with Crippen LogP contribution in [-0.2, 0) is 6.42 Å². The van der Waals surface area contributed by atoms with Crippen molar-refractivity contribution in [1.29, 1.82) is 0 Å². The maximum atomic E-state index is 5.87. The molecule has 2 N–H and O–H groups in total. The molecule has 0 amide bonds. The van der Waals surface area contributed by atoms with Gasteiger partial charge in [0.15, 0.2) is 5.65 Å². The minimum Gasteiger partial charge on any atom is -0.398 e. The number of hydrogen-bond acceptors (Lipinski definition) is 4. The summed E-state index contributed by atoms with van der Waals surface area (Å²) in [5, 5.41) is 8.59. The molecule has 0 aromatic carbocycles. The van der Waals surface area contributed by atoms with Crippen molar-refractivity contribution in [2.45, 2.75) is 51.6 Å². The summed E-state index contributed by atoms with van der Waals surface area (Å²) < 4.78 is 2.03. The van der Waals surface area contributed by atoms with Crippen LogP contribution in [0, 0.1) is 0 Å². The van der Waals surface area contributed by atoms with Gasteiger partial charge in [-0.25, -0.2) is 0 Å². The van der Waals surface area contributed by atoms with E-state index in [0.29, 0.717) is 12.1 Å². The lowest BCUT2D eigenvalue weighted by Crippen LogP contribution is -2.45. The molecule has 2 aromatic heterocycles. The Labute approximate surface area is 119 Å². The lowest BCUT2D eigenvalue weighted by atomic mass is 9.97. The third kappa shape index (κ3) is 2.50. The Morgan fingerprint density at radius 2 is 2.15 bits per heavy atom. The summed E-state index contributed by atoms with van der Waals surface area (Å²) in [5.41, 5.74) is 7.50. The van der Waals surface area contributed by atoms with Gasteiger partial charge in [-0.15, -0.1) is 10.2 Å². The molecule has 1 unspecified atom stereocenters. The van der Waals surface area contributed by atoms with Crippen molar-refractivity contribution in [2.75, 3.05) is 12.3 Å². The topological polar surface area (TPSA) is 59.5 Å². The summed E-state index contributed by atoms with van der Waals surface area (Å²) in [5.74, 6) is 1.02. The van der Waals surface area contributed by atoms with Crippen LogP contribution >= 0.6 is 0 Å². The predicted molar refractivity (Wildman–Crippen MR) is 80.6 cm³/mol. The fourth-order valence-corrected chi connectivity index (χ4v) is 3.23. The fourth-order valence-electron chi connectivity index (χ4n) is 3.23. The third-order valence-electron chi connectivity index (χ3n) is 4.25. The van der Waals surface area contributed by atoms with Crippen LogP contribution < -0.4 is 5.73 Å². The van der Waals surface area contributed by atoms with E-state index in [4.69, 9.17) is 5.73 Å². The van der Waals surface area contributed by atoms with Crippen molar-refractivity contribution >= 4 is 11.3 Å². The number of hydrogen-bond donors (Lipinski definition) is 1. The highest BCUT2D eigenvalue weighted by Crippen LogP contribution is 2.22. The van der Waals surface area contributed by atoms with E-state index < -0.39 is 0 Å². The van der Waals surface area contributed by atoms with Gasteiger partial charge in [0.25, 0.3) is 0 Å². The van der Waals surface area contributed by atoms with E-state index in [1.54, 1.807) is 0 Å². The second-order valence-electron chi connectivity index (χ2n) is 5.99. The highest BCUT2D eigenvalue weighted by molar-refractivity contribution is 5.47. The van der Waals surface area contributed by atoms with Crippen LogP contribution in [0.4, 0.5) is 5.69 Å². The first-order chi connectivity index (χ1) is 9.65. The quantitative estimate of drug-likeness (QED) is 0.930. The molecule has 20 heavy (non-hydrogen) atoms. The smallest absolute Gasteiger partial charge is 0.160 e. The van der Waals surface area contributed by atoms with Crippen LogP contribution in [0.25, 0.3) is 5.65 Å². The molecule has 0 radical (unpaired) electrons. The van der Waals surface area contributed by atoms with Crippen molar-refractivity contribution < 1.29 is 0 Å². The summed E-state index contributed by atoms with van der Waals surface area (Å²) >= 11 is 0. The van der Waals surface area contributed by atoms with E-state index in [2.05, 4.69) is 28.9 Å². The second kappa shape index (κ2) is 5.40. The van der Waals surface area contributed by atoms with Gasteiger partial charge >= 0.3 is 0 Å². The molecular formula is C15H23N5. The predicted octanol–water partition coefficient (Wildman–Crippen LogP) is 2.12. The van der Waals surface area contributed by atoms with Crippen molar-refractivity contribution in [2.24, 2.45) is 0 Å². The number of pyridine rings is 1. The molecule has 0 aliphatic carbocycles. The zero-order valence-corrected chi connectivity index (χ0v) is 12.3. The molecule has 1 aliphatic heterocycles. The van der Waals surface area contributed by atoms with E-state index in [0.717, 1.165) is 23.6 Å². The van der Waals surface area contributed by atoms with Gasteiger partial charge in [0.1, 0.15) is 5.82 Å². The van der Waals surface area contributed by atoms with Crippen LogP contribution in [0.3, 0.4) is 0 Å². The van der Waals surface area contributed by atoms with Crippen LogP contribution in [0.1, 0.15) is 38.9 Å². The average molecular weight is 273 g/mol. The van der Waals surface area contributed by atoms with E-state index in [9.17, 15) is 0 Å². The van der Waals surface area contributed by atoms with Gasteiger partial charge in [0.2, 0.25) is 0 Å². The molecule has 1 aliphatic rings. The molecule has 0 bridgehead atoms. The monoisotopic (exact) mass is 273 g/mol. The number of nitrogen functional groups attached to an aromatic ring is 1. The Morgan fingerprint density at radius 3 is 2.95 bits per heavy atom. The first-order valence-electron chi connectivity index (χ1n) is 7.50. The Balaban J connectivity index is 1.86. The molecule has 0 spiro atoms. The van der Waals surface area contributed by atoms with Crippen molar-refractivity contribution in [1.82, 2.24) is 19.5 Å². The minimum atomic E-state index is 0.567. The van der Waals surface area contributed by atoms with Crippen molar-refractivity contribution in [3.63, 3.8) is 0 Å². The van der Waals surface area contributed by atoms with E-state index in [1.807, 2.05) is 22.7 Å². The number of piperidine rings is 1. The van der Waals surface area contributed by atoms with Gasteiger partial charge < -0.3 is 5.73 Å². The van der Waals surface area contributed by atoms with Gasteiger partial charge in [0, 0.05) is 30.4 Å². The highest BCUT2D eigenvalue weighted by atomic mass is 15.3. The molecule has 5 heteroatoms. The Morgan fingerprint density at radius 1 is 1.30 bits per heavy atom. The number of fused-ring (bicyclic) bond motifs is 1. The molecular weight excluding hydrogens is 250 g/mol. The second-order valence-corrected chi connectivity index (χ2v) is 5.99.